The molecule has 0 heterocycles. The van der Waals surface area contributed by atoms with Gasteiger partial charge in [-0.15, -0.1) is 0 Å². The van der Waals surface area contributed by atoms with E-state index in [0.29, 0.717) is 12.5 Å². The molecule has 0 unspecified atom stereocenters. The molecular weight excluding hydrogens is 220 g/mol. The van der Waals surface area contributed by atoms with E-state index in [4.69, 9.17) is 4.74 Å². The molecule has 0 saturated carbocycles. The van der Waals surface area contributed by atoms with Gasteiger partial charge in [0.2, 0.25) is 0 Å². The van der Waals surface area contributed by atoms with Gasteiger partial charge in [0, 0.05) is 0 Å². The third-order valence-electron chi connectivity index (χ3n) is 3.03. The minimum atomic E-state index is 0.566. The Balaban J connectivity index is 1.98. The Kier molecular flexibility index (Phi) is 4.03. The molecule has 0 aliphatic carbocycles. The number of aryl methyl sites for hydroxylation is 1. The SMILES string of the molecule is Cc1cccc(COc2ccc(C(C)C)cc2)c1. The molecule has 0 saturated heterocycles. The quantitative estimate of drug-likeness (QED) is 0.752. The van der Waals surface area contributed by atoms with Gasteiger partial charge in [-0.2, -0.15) is 0 Å². The fraction of sp³-hybridized carbons (Fsp3) is 0.294. The molecule has 0 aromatic heterocycles. The van der Waals surface area contributed by atoms with E-state index < -0.39 is 0 Å². The molecule has 0 fully saturated rings. The first-order chi connectivity index (χ1) is 8.65. The van der Waals surface area contributed by atoms with Crippen molar-refractivity contribution in [3.63, 3.8) is 0 Å². The van der Waals surface area contributed by atoms with Crippen LogP contribution in [0.3, 0.4) is 0 Å². The number of hydrogen-bond donors (Lipinski definition) is 0. The Bertz CT molecular complexity index is 497. The molecular formula is C17H20O. The zero-order chi connectivity index (χ0) is 13.0. The van der Waals surface area contributed by atoms with E-state index in [1.807, 2.05) is 12.1 Å². The van der Waals surface area contributed by atoms with Crippen LogP contribution in [0.25, 0.3) is 0 Å². The van der Waals surface area contributed by atoms with Gasteiger partial charge < -0.3 is 4.74 Å². The molecule has 0 bridgehead atoms. The minimum absolute atomic E-state index is 0.566. The highest BCUT2D eigenvalue weighted by molar-refractivity contribution is 5.29. The van der Waals surface area contributed by atoms with E-state index in [-0.39, 0.29) is 0 Å². The second kappa shape index (κ2) is 5.72. The smallest absolute Gasteiger partial charge is 0.119 e. The normalized spacial score (nSPS) is 10.7. The summed E-state index contributed by atoms with van der Waals surface area (Å²) >= 11 is 0. The predicted molar refractivity (Wildman–Crippen MR) is 76.0 cm³/mol. The summed E-state index contributed by atoms with van der Waals surface area (Å²) in [6.07, 6.45) is 0. The number of rotatable bonds is 4. The Morgan fingerprint density at radius 3 is 2.33 bits per heavy atom. The van der Waals surface area contributed by atoms with E-state index >= 15 is 0 Å². The van der Waals surface area contributed by atoms with Crippen molar-refractivity contribution in [3.05, 3.63) is 65.2 Å². The summed E-state index contributed by atoms with van der Waals surface area (Å²) < 4.78 is 5.78. The predicted octanol–water partition coefficient (Wildman–Crippen LogP) is 4.70. The summed E-state index contributed by atoms with van der Waals surface area (Å²) in [6.45, 7) is 7.12. The van der Waals surface area contributed by atoms with E-state index in [2.05, 4.69) is 57.2 Å². The molecule has 0 aliphatic rings. The topological polar surface area (TPSA) is 9.23 Å². The van der Waals surface area contributed by atoms with Gasteiger partial charge in [-0.25, -0.2) is 0 Å². The maximum absolute atomic E-state index is 5.78. The van der Waals surface area contributed by atoms with Crippen molar-refractivity contribution in [1.82, 2.24) is 0 Å². The molecule has 18 heavy (non-hydrogen) atoms. The van der Waals surface area contributed by atoms with E-state index in [0.717, 1.165) is 5.75 Å². The lowest BCUT2D eigenvalue weighted by Gasteiger charge is -2.09. The molecule has 2 aromatic rings. The molecule has 0 aliphatic heterocycles. The zero-order valence-corrected chi connectivity index (χ0v) is 11.3. The summed E-state index contributed by atoms with van der Waals surface area (Å²) in [5.74, 6) is 1.50. The van der Waals surface area contributed by atoms with Crippen molar-refractivity contribution in [2.75, 3.05) is 0 Å². The average molecular weight is 240 g/mol. The molecule has 94 valence electrons. The van der Waals surface area contributed by atoms with Crippen LogP contribution in [0.2, 0.25) is 0 Å². The van der Waals surface area contributed by atoms with E-state index in [9.17, 15) is 0 Å². The Morgan fingerprint density at radius 2 is 1.72 bits per heavy atom. The lowest BCUT2D eigenvalue weighted by atomic mass is 10.0. The van der Waals surface area contributed by atoms with Gasteiger partial charge in [-0.3, -0.25) is 0 Å². The largest absolute Gasteiger partial charge is 0.489 e. The van der Waals surface area contributed by atoms with Crippen molar-refractivity contribution < 1.29 is 4.74 Å². The fourth-order valence-corrected chi connectivity index (χ4v) is 1.92. The van der Waals surface area contributed by atoms with Crippen LogP contribution in [-0.4, -0.2) is 0 Å². The van der Waals surface area contributed by atoms with Gasteiger partial charge in [0.15, 0.2) is 0 Å². The summed E-state index contributed by atoms with van der Waals surface area (Å²) in [5, 5.41) is 0. The van der Waals surface area contributed by atoms with Gasteiger partial charge in [-0.1, -0.05) is 55.8 Å². The molecule has 0 radical (unpaired) electrons. The van der Waals surface area contributed by atoms with Gasteiger partial charge in [0.1, 0.15) is 12.4 Å². The maximum atomic E-state index is 5.78. The molecule has 0 N–H and O–H groups in total. The molecule has 2 rings (SSSR count). The van der Waals surface area contributed by atoms with E-state index in [1.54, 1.807) is 0 Å². The molecule has 0 atom stereocenters. The van der Waals surface area contributed by atoms with Crippen molar-refractivity contribution in [2.24, 2.45) is 0 Å². The van der Waals surface area contributed by atoms with Gasteiger partial charge in [0.05, 0.1) is 0 Å². The number of hydrogen-bond acceptors (Lipinski definition) is 1. The van der Waals surface area contributed by atoms with Gasteiger partial charge in [-0.05, 0) is 36.1 Å². The van der Waals surface area contributed by atoms with Crippen molar-refractivity contribution >= 4 is 0 Å². The lowest BCUT2D eigenvalue weighted by Crippen LogP contribution is -1.96. The van der Waals surface area contributed by atoms with Crippen LogP contribution < -0.4 is 4.74 Å². The summed E-state index contributed by atoms with van der Waals surface area (Å²) in [5.41, 5.74) is 3.83. The van der Waals surface area contributed by atoms with Crippen molar-refractivity contribution in [3.8, 4) is 5.75 Å². The number of benzene rings is 2. The Hall–Kier alpha value is -1.76. The first-order valence-electron chi connectivity index (χ1n) is 6.43. The Morgan fingerprint density at radius 1 is 1.00 bits per heavy atom. The van der Waals surface area contributed by atoms with E-state index in [1.165, 1.54) is 16.7 Å². The standard InChI is InChI=1S/C17H20O/c1-13(2)16-7-9-17(10-8-16)18-12-15-6-4-5-14(3)11-15/h4-11,13H,12H2,1-3H3. The first kappa shape index (κ1) is 12.7. The molecule has 0 spiro atoms. The zero-order valence-electron chi connectivity index (χ0n) is 11.3. The van der Waals surface area contributed by atoms with Crippen molar-refractivity contribution in [1.29, 1.82) is 0 Å². The highest BCUT2D eigenvalue weighted by Gasteiger charge is 2.00. The highest BCUT2D eigenvalue weighted by Crippen LogP contribution is 2.19. The maximum Gasteiger partial charge on any atom is 0.119 e. The Labute approximate surface area is 109 Å². The van der Waals surface area contributed by atoms with Crippen LogP contribution in [0.15, 0.2) is 48.5 Å². The number of ether oxygens (including phenoxy) is 1. The summed E-state index contributed by atoms with van der Waals surface area (Å²) in [7, 11) is 0. The van der Waals surface area contributed by atoms with Crippen LogP contribution in [-0.2, 0) is 6.61 Å². The van der Waals surface area contributed by atoms with Crippen LogP contribution in [0.4, 0.5) is 0 Å². The molecule has 1 nitrogen and oxygen atoms in total. The van der Waals surface area contributed by atoms with Crippen LogP contribution in [0, 0.1) is 6.92 Å². The minimum Gasteiger partial charge on any atom is -0.489 e. The fourth-order valence-electron chi connectivity index (χ4n) is 1.92. The molecule has 0 amide bonds. The average Bonchev–Trinajstić information content (AvgIpc) is 2.37. The summed E-state index contributed by atoms with van der Waals surface area (Å²) in [6, 6.07) is 16.8. The lowest BCUT2D eigenvalue weighted by molar-refractivity contribution is 0.306. The second-order valence-corrected chi connectivity index (χ2v) is 5.00. The third-order valence-corrected chi connectivity index (χ3v) is 3.03. The molecule has 2 aromatic carbocycles. The van der Waals surface area contributed by atoms with Crippen LogP contribution in [0.1, 0.15) is 36.5 Å². The monoisotopic (exact) mass is 240 g/mol. The molecule has 1 heteroatoms. The summed E-state index contributed by atoms with van der Waals surface area (Å²) in [4.78, 5) is 0. The van der Waals surface area contributed by atoms with Gasteiger partial charge in [0.25, 0.3) is 0 Å². The highest BCUT2D eigenvalue weighted by atomic mass is 16.5. The third kappa shape index (κ3) is 3.36. The van der Waals surface area contributed by atoms with Crippen molar-refractivity contribution in [2.45, 2.75) is 33.3 Å². The van der Waals surface area contributed by atoms with Crippen LogP contribution in [0.5, 0.6) is 5.75 Å². The van der Waals surface area contributed by atoms with Gasteiger partial charge >= 0.3 is 0 Å². The van der Waals surface area contributed by atoms with Crippen LogP contribution >= 0.6 is 0 Å². The first-order valence-corrected chi connectivity index (χ1v) is 6.43. The second-order valence-electron chi connectivity index (χ2n) is 5.00.